The molecule has 0 radical (unpaired) electrons. The number of nitrogens with one attached hydrogen (secondary N) is 1. The molecule has 2 atom stereocenters. The van der Waals surface area contributed by atoms with Crippen molar-refractivity contribution in [3.05, 3.63) is 36.9 Å². The maximum Gasteiger partial charge on any atom is 0.411 e. The Morgan fingerprint density at radius 1 is 1.29 bits per heavy atom. The highest BCUT2D eigenvalue weighted by molar-refractivity contribution is 7.92. The van der Waals surface area contributed by atoms with Gasteiger partial charge in [-0.25, -0.2) is 13.2 Å². The SMILES string of the molecule is C=CCOc1ccccc1S(=O)(=O)[C@@H]1C[C@@H](C(=O)NC2(C=NC)CC2)N(C(=O)OC(C)(C)C)C1. The summed E-state index contributed by atoms with van der Waals surface area (Å²) in [5, 5.41) is 1.94. The fourth-order valence-electron chi connectivity index (χ4n) is 3.92. The summed E-state index contributed by atoms with van der Waals surface area (Å²) in [7, 11) is -2.30. The summed E-state index contributed by atoms with van der Waals surface area (Å²) in [5.41, 5.74) is -1.33. The maximum absolute atomic E-state index is 13.6. The van der Waals surface area contributed by atoms with Crippen LogP contribution in [-0.4, -0.2) is 74.2 Å². The Balaban J connectivity index is 1.90. The Hall–Kier alpha value is -2.88. The molecule has 34 heavy (non-hydrogen) atoms. The van der Waals surface area contributed by atoms with Gasteiger partial charge in [0.25, 0.3) is 0 Å². The molecule has 1 aromatic carbocycles. The average molecular weight is 492 g/mol. The van der Waals surface area contributed by atoms with Crippen LogP contribution in [0.25, 0.3) is 0 Å². The number of carbonyl (C=O) groups excluding carboxylic acids is 2. The number of sulfone groups is 1. The highest BCUT2D eigenvalue weighted by Crippen LogP contribution is 2.36. The van der Waals surface area contributed by atoms with E-state index in [2.05, 4.69) is 16.9 Å². The first-order valence-corrected chi connectivity index (χ1v) is 12.8. The van der Waals surface area contributed by atoms with Gasteiger partial charge in [-0.3, -0.25) is 14.7 Å². The van der Waals surface area contributed by atoms with E-state index in [4.69, 9.17) is 9.47 Å². The molecule has 2 aliphatic rings. The molecule has 2 fully saturated rings. The van der Waals surface area contributed by atoms with Crippen molar-refractivity contribution in [2.75, 3.05) is 20.2 Å². The highest BCUT2D eigenvalue weighted by Gasteiger charge is 2.50. The topological polar surface area (TPSA) is 114 Å². The minimum Gasteiger partial charge on any atom is -0.488 e. The van der Waals surface area contributed by atoms with E-state index in [0.29, 0.717) is 0 Å². The van der Waals surface area contributed by atoms with Crippen molar-refractivity contribution in [3.63, 3.8) is 0 Å². The monoisotopic (exact) mass is 491 g/mol. The minimum atomic E-state index is -3.93. The van der Waals surface area contributed by atoms with Crippen LogP contribution in [0.2, 0.25) is 0 Å². The lowest BCUT2D eigenvalue weighted by atomic mass is 10.1. The van der Waals surface area contributed by atoms with Gasteiger partial charge in [0, 0.05) is 19.8 Å². The molecule has 1 aliphatic carbocycles. The third kappa shape index (κ3) is 5.78. The number of hydrogen-bond donors (Lipinski definition) is 1. The van der Waals surface area contributed by atoms with Gasteiger partial charge in [0.2, 0.25) is 5.91 Å². The Labute approximate surface area is 201 Å². The van der Waals surface area contributed by atoms with Crippen LogP contribution in [0.5, 0.6) is 5.75 Å². The van der Waals surface area contributed by atoms with Crippen LogP contribution in [0.1, 0.15) is 40.0 Å². The molecular formula is C24H33N3O6S. The molecule has 0 aromatic heterocycles. The van der Waals surface area contributed by atoms with Crippen molar-refractivity contribution in [2.24, 2.45) is 4.99 Å². The third-order valence-electron chi connectivity index (χ3n) is 5.68. The molecule has 1 saturated heterocycles. The molecule has 0 unspecified atom stereocenters. The van der Waals surface area contributed by atoms with Crippen molar-refractivity contribution >= 4 is 28.1 Å². The predicted octanol–water partition coefficient (Wildman–Crippen LogP) is 2.75. The van der Waals surface area contributed by atoms with Crippen LogP contribution in [0, 0.1) is 0 Å². The Morgan fingerprint density at radius 3 is 2.56 bits per heavy atom. The van der Waals surface area contributed by atoms with E-state index < -0.39 is 44.3 Å². The number of amides is 2. The van der Waals surface area contributed by atoms with E-state index in [0.717, 1.165) is 12.8 Å². The van der Waals surface area contributed by atoms with Gasteiger partial charge in [0.05, 0.1) is 10.8 Å². The Kier molecular flexibility index (Phi) is 7.40. The lowest BCUT2D eigenvalue weighted by Crippen LogP contribution is -2.51. The fraction of sp³-hybridized carbons (Fsp3) is 0.542. The molecule has 1 saturated carbocycles. The summed E-state index contributed by atoms with van der Waals surface area (Å²) in [4.78, 5) is 31.4. The number of benzene rings is 1. The second-order valence-electron chi connectivity index (χ2n) is 9.63. The van der Waals surface area contributed by atoms with Gasteiger partial charge in [0.15, 0.2) is 9.84 Å². The number of ether oxygens (including phenoxy) is 2. The number of likely N-dealkylation sites (tertiary alicyclic amines) is 1. The van der Waals surface area contributed by atoms with Gasteiger partial charge in [-0.05, 0) is 52.2 Å². The number of hydrogen-bond acceptors (Lipinski definition) is 7. The molecule has 0 spiro atoms. The first-order valence-electron chi connectivity index (χ1n) is 11.2. The average Bonchev–Trinajstić information content (AvgIpc) is 3.33. The summed E-state index contributed by atoms with van der Waals surface area (Å²) >= 11 is 0. The van der Waals surface area contributed by atoms with Gasteiger partial charge < -0.3 is 14.8 Å². The number of para-hydroxylation sites is 1. The molecule has 1 aliphatic heterocycles. The molecule has 1 N–H and O–H groups in total. The number of carbonyl (C=O) groups is 2. The highest BCUT2D eigenvalue weighted by atomic mass is 32.2. The maximum atomic E-state index is 13.6. The second kappa shape index (κ2) is 9.77. The minimum absolute atomic E-state index is 0.0174. The molecule has 10 heteroatoms. The van der Waals surface area contributed by atoms with Gasteiger partial charge in [-0.1, -0.05) is 24.8 Å². The Bertz CT molecular complexity index is 1070. The summed E-state index contributed by atoms with van der Waals surface area (Å²) in [6, 6.07) is 5.34. The van der Waals surface area contributed by atoms with E-state index in [1.165, 1.54) is 17.0 Å². The molecule has 2 amide bonds. The van der Waals surface area contributed by atoms with Crippen LogP contribution in [0.4, 0.5) is 4.79 Å². The Morgan fingerprint density at radius 2 is 1.97 bits per heavy atom. The zero-order chi connectivity index (χ0) is 25.1. The van der Waals surface area contributed by atoms with E-state index in [1.807, 2.05) is 0 Å². The molecular weight excluding hydrogens is 458 g/mol. The van der Waals surface area contributed by atoms with Crippen LogP contribution in [-0.2, 0) is 19.4 Å². The van der Waals surface area contributed by atoms with Gasteiger partial charge in [0.1, 0.15) is 28.9 Å². The molecule has 186 valence electrons. The van der Waals surface area contributed by atoms with Crippen molar-refractivity contribution in [1.82, 2.24) is 10.2 Å². The molecule has 9 nitrogen and oxygen atoms in total. The van der Waals surface area contributed by atoms with Gasteiger partial charge >= 0.3 is 6.09 Å². The number of nitrogens with zero attached hydrogens (tertiary/aromatic N) is 2. The predicted molar refractivity (Wildman–Crippen MR) is 129 cm³/mol. The van der Waals surface area contributed by atoms with Crippen LogP contribution < -0.4 is 10.1 Å². The summed E-state index contributed by atoms with van der Waals surface area (Å²) in [6.45, 7) is 8.72. The molecule has 1 heterocycles. The first-order chi connectivity index (χ1) is 15.9. The lowest BCUT2D eigenvalue weighted by molar-refractivity contribution is -0.125. The van der Waals surface area contributed by atoms with Gasteiger partial charge in [-0.2, -0.15) is 0 Å². The first kappa shape index (κ1) is 25.7. The zero-order valence-corrected chi connectivity index (χ0v) is 20.9. The summed E-state index contributed by atoms with van der Waals surface area (Å²) < 4.78 is 38.2. The normalized spacial score (nSPS) is 21.8. The van der Waals surface area contributed by atoms with Gasteiger partial charge in [-0.15, -0.1) is 0 Å². The van der Waals surface area contributed by atoms with E-state index in [1.54, 1.807) is 52.2 Å². The third-order valence-corrected chi connectivity index (χ3v) is 7.85. The van der Waals surface area contributed by atoms with Crippen LogP contribution in [0.15, 0.2) is 46.8 Å². The quantitative estimate of drug-likeness (QED) is 0.442. The number of rotatable bonds is 8. The zero-order valence-electron chi connectivity index (χ0n) is 20.1. The van der Waals surface area contributed by atoms with E-state index >= 15 is 0 Å². The smallest absolute Gasteiger partial charge is 0.411 e. The molecule has 3 rings (SSSR count). The van der Waals surface area contributed by atoms with Crippen molar-refractivity contribution in [3.8, 4) is 5.75 Å². The van der Waals surface area contributed by atoms with Crippen molar-refractivity contribution in [2.45, 2.75) is 67.4 Å². The van der Waals surface area contributed by atoms with Crippen LogP contribution >= 0.6 is 0 Å². The number of aliphatic imine (C=N–C) groups is 1. The lowest BCUT2D eigenvalue weighted by Gasteiger charge is -2.28. The standard InChI is InChI=1S/C24H33N3O6S/c1-6-13-32-19-9-7-8-10-20(19)34(30,31)17-14-18(21(28)26-24(11-12-24)16-25-5)27(15-17)22(29)33-23(2,3)4/h6-10,16-18H,1,11-15H2,2-5H3,(H,26,28)/t17-,18+/m1/s1. The summed E-state index contributed by atoms with van der Waals surface area (Å²) in [6.07, 6.45) is 3.91. The van der Waals surface area contributed by atoms with Crippen molar-refractivity contribution in [1.29, 1.82) is 0 Å². The van der Waals surface area contributed by atoms with Crippen LogP contribution in [0.3, 0.4) is 0 Å². The molecule has 0 bridgehead atoms. The van der Waals surface area contributed by atoms with E-state index in [9.17, 15) is 18.0 Å². The van der Waals surface area contributed by atoms with E-state index in [-0.39, 0.29) is 30.2 Å². The largest absolute Gasteiger partial charge is 0.488 e. The summed E-state index contributed by atoms with van der Waals surface area (Å²) in [5.74, 6) is -0.215. The fourth-order valence-corrected chi connectivity index (χ4v) is 5.75. The second-order valence-corrected chi connectivity index (χ2v) is 11.8. The molecule has 1 aromatic rings. The van der Waals surface area contributed by atoms with Crippen molar-refractivity contribution < 1.29 is 27.5 Å².